The molecule has 2 heterocycles. The zero-order valence-corrected chi connectivity index (χ0v) is 43.7. The van der Waals surface area contributed by atoms with Gasteiger partial charge in [-0.3, -0.25) is 9.59 Å². The predicted octanol–water partition coefficient (Wildman–Crippen LogP) is 8.66. The van der Waals surface area contributed by atoms with Crippen LogP contribution in [0.2, 0.25) is 0 Å². The molecule has 2 rings (SSSR count). The Morgan fingerprint density at radius 2 is 0.887 bits per heavy atom. The summed E-state index contributed by atoms with van der Waals surface area (Å²) < 4.78 is 33.6. The molecule has 0 aromatic carbocycles. The minimum absolute atomic E-state index is 0.137. The molecular formula is C56H98O15. The number of carbonyl (C=O) groups is 2. The standard InChI is InChI=1S/C56H98O15/c1-3-5-7-9-11-13-15-17-19-21-23-24-26-28-30-32-34-36-38-47(58)66-41-44(69-48(59)39-37-35-33-31-29-27-25-22-20-18-16-14-12-10-8-6-4-2)42-67-55-54(65)52(63)50(61)46(71-55)43-68-56-53(64)51(62)49(60)45(40-57)70-56/h6,8,12,14,18,20,25,27,44-46,49-57,60-65H,3-5,7,9-11,13,15-17,19,21-24,26,28-43H2,1-2H3/b8-6-,14-12-,20-18-,27-25-. The van der Waals surface area contributed by atoms with Crippen LogP contribution in [0.1, 0.15) is 200 Å². The highest BCUT2D eigenvalue weighted by Crippen LogP contribution is 2.27. The van der Waals surface area contributed by atoms with Crippen LogP contribution < -0.4 is 0 Å². The maximum atomic E-state index is 13.0. The normalized spacial score (nSPS) is 25.5. The molecule has 0 saturated carbocycles. The minimum Gasteiger partial charge on any atom is -0.462 e. The minimum atomic E-state index is -1.77. The summed E-state index contributed by atoms with van der Waals surface area (Å²) >= 11 is 0. The highest BCUT2D eigenvalue weighted by atomic mass is 16.7. The van der Waals surface area contributed by atoms with E-state index in [1.807, 2.05) is 0 Å². The highest BCUT2D eigenvalue weighted by molar-refractivity contribution is 5.70. The van der Waals surface area contributed by atoms with E-state index in [1.165, 1.54) is 89.9 Å². The first-order chi connectivity index (χ1) is 34.5. The van der Waals surface area contributed by atoms with Crippen LogP contribution in [0.25, 0.3) is 0 Å². The van der Waals surface area contributed by atoms with Crippen molar-refractivity contribution in [2.75, 3.05) is 26.4 Å². The summed E-state index contributed by atoms with van der Waals surface area (Å²) in [5.41, 5.74) is 0. The first-order valence-electron chi connectivity index (χ1n) is 27.7. The van der Waals surface area contributed by atoms with Crippen molar-refractivity contribution >= 4 is 11.9 Å². The number of hydrogen-bond acceptors (Lipinski definition) is 15. The van der Waals surface area contributed by atoms with Crippen molar-refractivity contribution < 1.29 is 73.8 Å². The van der Waals surface area contributed by atoms with E-state index in [1.54, 1.807) is 0 Å². The summed E-state index contributed by atoms with van der Waals surface area (Å²) in [4.78, 5) is 25.8. The van der Waals surface area contributed by atoms with Gasteiger partial charge in [-0.25, -0.2) is 0 Å². The fourth-order valence-electron chi connectivity index (χ4n) is 8.56. The lowest BCUT2D eigenvalue weighted by molar-refractivity contribution is -0.332. The lowest BCUT2D eigenvalue weighted by Crippen LogP contribution is -2.61. The number of carbonyl (C=O) groups excluding carboxylic acids is 2. The molecule has 15 nitrogen and oxygen atoms in total. The van der Waals surface area contributed by atoms with Gasteiger partial charge in [0.1, 0.15) is 55.4 Å². The maximum Gasteiger partial charge on any atom is 0.306 e. The first kappa shape index (κ1) is 64.6. The molecule has 11 unspecified atom stereocenters. The second kappa shape index (κ2) is 42.8. The van der Waals surface area contributed by atoms with E-state index in [-0.39, 0.29) is 19.4 Å². The molecule has 0 spiro atoms. The lowest BCUT2D eigenvalue weighted by atomic mass is 9.98. The number of unbranched alkanes of at least 4 members (excludes halogenated alkanes) is 21. The monoisotopic (exact) mass is 1010 g/mol. The Balaban J connectivity index is 1.78. The zero-order valence-electron chi connectivity index (χ0n) is 43.7. The lowest BCUT2D eigenvalue weighted by Gasteiger charge is -2.42. The Kier molecular flexibility index (Phi) is 38.9. The Labute approximate surface area is 427 Å². The average molecular weight is 1010 g/mol. The fourth-order valence-corrected chi connectivity index (χ4v) is 8.56. The molecule has 0 radical (unpaired) electrons. The van der Waals surface area contributed by atoms with Gasteiger partial charge in [0.2, 0.25) is 0 Å². The third-order valence-electron chi connectivity index (χ3n) is 13.1. The first-order valence-corrected chi connectivity index (χ1v) is 27.7. The van der Waals surface area contributed by atoms with E-state index < -0.39 is 99.3 Å². The molecule has 2 aliphatic rings. The van der Waals surface area contributed by atoms with Gasteiger partial charge in [0.15, 0.2) is 18.7 Å². The fraction of sp³-hybridized carbons (Fsp3) is 0.821. The van der Waals surface area contributed by atoms with Gasteiger partial charge in [-0.1, -0.05) is 184 Å². The quantitative estimate of drug-likeness (QED) is 0.0172. The summed E-state index contributed by atoms with van der Waals surface area (Å²) in [6, 6.07) is 0. The van der Waals surface area contributed by atoms with Gasteiger partial charge < -0.3 is 64.2 Å². The van der Waals surface area contributed by atoms with Crippen LogP contribution in [0.3, 0.4) is 0 Å². The Morgan fingerprint density at radius 1 is 0.465 bits per heavy atom. The highest BCUT2D eigenvalue weighted by Gasteiger charge is 2.47. The van der Waals surface area contributed by atoms with Gasteiger partial charge in [-0.05, 0) is 51.4 Å². The Bertz CT molecular complexity index is 1420. The third kappa shape index (κ3) is 30.4. The molecule has 2 saturated heterocycles. The second-order valence-electron chi connectivity index (χ2n) is 19.4. The summed E-state index contributed by atoms with van der Waals surface area (Å²) in [6.07, 6.45) is 31.3. The van der Waals surface area contributed by atoms with Crippen LogP contribution in [0.15, 0.2) is 48.6 Å². The van der Waals surface area contributed by atoms with E-state index in [0.29, 0.717) is 12.8 Å². The summed E-state index contributed by atoms with van der Waals surface area (Å²) in [6.45, 7) is 2.47. The van der Waals surface area contributed by atoms with Crippen molar-refractivity contribution in [2.24, 2.45) is 0 Å². The number of rotatable bonds is 43. The average Bonchev–Trinajstić information content (AvgIpc) is 3.36. The van der Waals surface area contributed by atoms with Crippen molar-refractivity contribution in [1.29, 1.82) is 0 Å². The maximum absolute atomic E-state index is 13.0. The number of aliphatic hydroxyl groups is 7. The van der Waals surface area contributed by atoms with E-state index in [4.69, 9.17) is 28.4 Å². The number of ether oxygens (including phenoxy) is 6. The molecular weight excluding hydrogens is 913 g/mol. The predicted molar refractivity (Wildman–Crippen MR) is 275 cm³/mol. The van der Waals surface area contributed by atoms with Crippen LogP contribution in [-0.2, 0) is 38.0 Å². The molecule has 0 aliphatic carbocycles. The van der Waals surface area contributed by atoms with Gasteiger partial charge in [0.25, 0.3) is 0 Å². The smallest absolute Gasteiger partial charge is 0.306 e. The van der Waals surface area contributed by atoms with Crippen LogP contribution in [0.5, 0.6) is 0 Å². The summed E-state index contributed by atoms with van der Waals surface area (Å²) in [5, 5.41) is 72.2. The van der Waals surface area contributed by atoms with Crippen LogP contribution in [0, 0.1) is 0 Å². The van der Waals surface area contributed by atoms with Crippen molar-refractivity contribution in [3.05, 3.63) is 48.6 Å². The summed E-state index contributed by atoms with van der Waals surface area (Å²) in [5.74, 6) is -0.947. The van der Waals surface area contributed by atoms with E-state index in [2.05, 4.69) is 62.5 Å². The molecule has 0 aromatic rings. The molecule has 7 N–H and O–H groups in total. The molecule has 0 amide bonds. The molecule has 0 aromatic heterocycles. The van der Waals surface area contributed by atoms with E-state index >= 15 is 0 Å². The molecule has 11 atom stereocenters. The molecule has 15 heteroatoms. The van der Waals surface area contributed by atoms with Gasteiger partial charge in [-0.15, -0.1) is 0 Å². The number of allylic oxidation sites excluding steroid dienone is 8. The number of hydrogen-bond donors (Lipinski definition) is 7. The topological polar surface area (TPSA) is 231 Å². The van der Waals surface area contributed by atoms with Crippen LogP contribution >= 0.6 is 0 Å². The Morgan fingerprint density at radius 3 is 1.39 bits per heavy atom. The number of aliphatic hydroxyl groups excluding tert-OH is 7. The number of esters is 2. The SMILES string of the molecule is CC/C=C\C/C=C\C/C=C\C/C=C\CCCCCCC(=O)OC(COC(=O)CCCCCCCCCCCCCCCCCCCC)COC1OC(COC2OC(CO)C(O)C(O)C2O)C(O)C(O)C1O. The Hall–Kier alpha value is -2.54. The van der Waals surface area contributed by atoms with Crippen molar-refractivity contribution in [3.63, 3.8) is 0 Å². The van der Waals surface area contributed by atoms with Gasteiger partial charge in [0.05, 0.1) is 19.8 Å². The summed E-state index contributed by atoms with van der Waals surface area (Å²) in [7, 11) is 0. The second-order valence-corrected chi connectivity index (χ2v) is 19.4. The van der Waals surface area contributed by atoms with Gasteiger partial charge in [0, 0.05) is 12.8 Å². The molecule has 2 fully saturated rings. The molecule has 2 aliphatic heterocycles. The zero-order chi connectivity index (χ0) is 51.7. The van der Waals surface area contributed by atoms with Crippen LogP contribution in [-0.4, -0.2) is 142 Å². The largest absolute Gasteiger partial charge is 0.462 e. The molecule has 0 bridgehead atoms. The van der Waals surface area contributed by atoms with Crippen molar-refractivity contribution in [1.82, 2.24) is 0 Å². The molecule has 412 valence electrons. The van der Waals surface area contributed by atoms with E-state index in [9.17, 15) is 45.3 Å². The van der Waals surface area contributed by atoms with Gasteiger partial charge >= 0.3 is 11.9 Å². The van der Waals surface area contributed by atoms with E-state index in [0.717, 1.165) is 70.6 Å². The van der Waals surface area contributed by atoms with Crippen LogP contribution in [0.4, 0.5) is 0 Å². The van der Waals surface area contributed by atoms with Crippen molar-refractivity contribution in [3.8, 4) is 0 Å². The van der Waals surface area contributed by atoms with Crippen molar-refractivity contribution in [2.45, 2.75) is 268 Å². The third-order valence-corrected chi connectivity index (χ3v) is 13.1. The molecule has 71 heavy (non-hydrogen) atoms. The van der Waals surface area contributed by atoms with Gasteiger partial charge in [-0.2, -0.15) is 0 Å².